The van der Waals surface area contributed by atoms with Crippen LogP contribution in [0.2, 0.25) is 0 Å². The molecule has 1 aromatic rings. The van der Waals surface area contributed by atoms with Crippen LogP contribution in [-0.2, 0) is 11.2 Å². The molecule has 2 aliphatic carbocycles. The van der Waals surface area contributed by atoms with Gasteiger partial charge in [-0.15, -0.1) is 0 Å². The zero-order chi connectivity index (χ0) is 17.2. The van der Waals surface area contributed by atoms with E-state index in [9.17, 15) is 10.2 Å². The lowest BCUT2D eigenvalue weighted by Crippen LogP contribution is -2.65. The standard InChI is InChI=1S/C20H30O4/c1-13-4-8-19(3)16(10-15(21)17(22)20(19)12-24-20)18(13,2)7-5-14-6-9-23-11-14/h6,9,11,13,15-17,21-22H,4-5,7-8,10,12H2,1-3H3/t13-,15-,16-,17+,18+,19-,20-/m1/s1. The number of fused-ring (bicyclic) bond motifs is 2. The van der Waals surface area contributed by atoms with E-state index in [2.05, 4.69) is 20.8 Å². The summed E-state index contributed by atoms with van der Waals surface area (Å²) in [6.07, 6.45) is 7.13. The van der Waals surface area contributed by atoms with Gasteiger partial charge in [0.05, 0.1) is 25.2 Å². The minimum atomic E-state index is -0.745. The molecular formula is C20H30O4. The molecule has 1 aromatic heterocycles. The predicted octanol–water partition coefficient (Wildman–Crippen LogP) is 3.17. The van der Waals surface area contributed by atoms with E-state index < -0.39 is 17.8 Å². The quantitative estimate of drug-likeness (QED) is 0.833. The summed E-state index contributed by atoms with van der Waals surface area (Å²) in [4.78, 5) is 0. The van der Waals surface area contributed by atoms with E-state index >= 15 is 0 Å². The van der Waals surface area contributed by atoms with E-state index in [1.807, 2.05) is 12.3 Å². The Morgan fingerprint density at radius 3 is 2.67 bits per heavy atom. The van der Waals surface area contributed by atoms with Gasteiger partial charge in [0.25, 0.3) is 0 Å². The zero-order valence-electron chi connectivity index (χ0n) is 15.0. The van der Waals surface area contributed by atoms with Crippen LogP contribution in [0.3, 0.4) is 0 Å². The Labute approximate surface area is 144 Å². The van der Waals surface area contributed by atoms with Crippen molar-refractivity contribution < 1.29 is 19.4 Å². The number of hydrogen-bond donors (Lipinski definition) is 2. The van der Waals surface area contributed by atoms with Crippen molar-refractivity contribution in [1.29, 1.82) is 0 Å². The minimum absolute atomic E-state index is 0.0523. The Hall–Kier alpha value is -0.840. The first-order valence-corrected chi connectivity index (χ1v) is 9.35. The fourth-order valence-corrected chi connectivity index (χ4v) is 5.99. The van der Waals surface area contributed by atoms with Gasteiger partial charge < -0.3 is 19.4 Å². The average molecular weight is 334 g/mol. The second-order valence-corrected chi connectivity index (χ2v) is 8.97. The molecule has 2 saturated carbocycles. The SMILES string of the molecule is C[C@@H]1CC[C@]2(C)[C@H](C[C@@H](O)[C@H](O)[C@]23CO3)[C@@]1(C)CCc1ccoc1. The molecule has 4 heteroatoms. The normalized spacial score (nSPS) is 50.7. The van der Waals surface area contributed by atoms with Crippen LogP contribution < -0.4 is 0 Å². The molecule has 2 N–H and O–H groups in total. The van der Waals surface area contributed by atoms with Gasteiger partial charge in [-0.3, -0.25) is 0 Å². The van der Waals surface area contributed by atoms with E-state index in [4.69, 9.17) is 9.15 Å². The lowest BCUT2D eigenvalue weighted by Gasteiger charge is -2.61. The van der Waals surface area contributed by atoms with Gasteiger partial charge in [-0.25, -0.2) is 0 Å². The van der Waals surface area contributed by atoms with Gasteiger partial charge in [0, 0.05) is 5.41 Å². The van der Waals surface area contributed by atoms with Crippen LogP contribution in [0.4, 0.5) is 0 Å². The van der Waals surface area contributed by atoms with Crippen LogP contribution in [0.15, 0.2) is 23.0 Å². The van der Waals surface area contributed by atoms with Crippen LogP contribution in [-0.4, -0.2) is 34.6 Å². The van der Waals surface area contributed by atoms with Gasteiger partial charge in [0.1, 0.15) is 11.7 Å². The average Bonchev–Trinajstić information content (AvgIpc) is 3.21. The second-order valence-electron chi connectivity index (χ2n) is 8.97. The van der Waals surface area contributed by atoms with E-state index in [1.54, 1.807) is 6.26 Å². The molecule has 0 radical (unpaired) electrons. The summed E-state index contributed by atoms with van der Waals surface area (Å²) in [6, 6.07) is 2.04. The maximum atomic E-state index is 10.6. The Morgan fingerprint density at radius 1 is 1.29 bits per heavy atom. The lowest BCUT2D eigenvalue weighted by atomic mass is 9.43. The van der Waals surface area contributed by atoms with Crippen LogP contribution in [0.5, 0.6) is 0 Å². The fraction of sp³-hybridized carbons (Fsp3) is 0.800. The van der Waals surface area contributed by atoms with Gasteiger partial charge >= 0.3 is 0 Å². The molecule has 24 heavy (non-hydrogen) atoms. The predicted molar refractivity (Wildman–Crippen MR) is 90.4 cm³/mol. The summed E-state index contributed by atoms with van der Waals surface area (Å²) in [5, 5.41) is 21.1. The molecule has 3 aliphatic rings. The van der Waals surface area contributed by atoms with Crippen LogP contribution in [0.1, 0.15) is 52.0 Å². The van der Waals surface area contributed by atoms with Crippen LogP contribution in [0, 0.1) is 22.7 Å². The maximum absolute atomic E-state index is 10.6. The molecule has 0 bridgehead atoms. The highest BCUT2D eigenvalue weighted by molar-refractivity contribution is 5.21. The molecule has 1 aliphatic heterocycles. The summed E-state index contributed by atoms with van der Waals surface area (Å²) in [5.74, 6) is 0.960. The first-order valence-electron chi connectivity index (χ1n) is 9.35. The molecule has 4 rings (SSSR count). The molecule has 4 nitrogen and oxygen atoms in total. The number of aryl methyl sites for hydroxylation is 1. The highest BCUT2D eigenvalue weighted by atomic mass is 16.6. The Kier molecular flexibility index (Phi) is 3.69. The fourth-order valence-electron chi connectivity index (χ4n) is 5.99. The monoisotopic (exact) mass is 334 g/mol. The van der Waals surface area contributed by atoms with Gasteiger partial charge in [-0.05, 0) is 61.0 Å². The summed E-state index contributed by atoms with van der Waals surface area (Å²) in [6.45, 7) is 7.62. The number of epoxide rings is 1. The number of furan rings is 1. The molecule has 3 fully saturated rings. The second kappa shape index (κ2) is 5.33. The molecule has 1 saturated heterocycles. The number of hydrogen-bond acceptors (Lipinski definition) is 4. The molecule has 0 amide bonds. The molecule has 7 atom stereocenters. The Bertz CT molecular complexity index is 593. The third-order valence-corrected chi connectivity index (χ3v) is 8.06. The van der Waals surface area contributed by atoms with Crippen molar-refractivity contribution in [3.05, 3.63) is 24.2 Å². The van der Waals surface area contributed by atoms with Crippen molar-refractivity contribution in [1.82, 2.24) is 0 Å². The smallest absolute Gasteiger partial charge is 0.125 e. The van der Waals surface area contributed by atoms with Crippen molar-refractivity contribution >= 4 is 0 Å². The summed E-state index contributed by atoms with van der Waals surface area (Å²) >= 11 is 0. The van der Waals surface area contributed by atoms with Crippen molar-refractivity contribution in [2.45, 2.75) is 70.7 Å². The molecule has 1 spiro atoms. The third-order valence-electron chi connectivity index (χ3n) is 8.06. The number of aliphatic hydroxyl groups is 2. The lowest BCUT2D eigenvalue weighted by molar-refractivity contribution is -0.197. The van der Waals surface area contributed by atoms with E-state index in [0.717, 1.165) is 25.7 Å². The van der Waals surface area contributed by atoms with E-state index in [-0.39, 0.29) is 10.8 Å². The van der Waals surface area contributed by atoms with Gasteiger partial charge in [-0.2, -0.15) is 0 Å². The first kappa shape index (κ1) is 16.6. The first-order chi connectivity index (χ1) is 11.3. The van der Waals surface area contributed by atoms with Gasteiger partial charge in [0.2, 0.25) is 0 Å². The largest absolute Gasteiger partial charge is 0.472 e. The highest BCUT2D eigenvalue weighted by Crippen LogP contribution is 2.68. The topological polar surface area (TPSA) is 66.1 Å². The van der Waals surface area contributed by atoms with Gasteiger partial charge in [0.15, 0.2) is 0 Å². The van der Waals surface area contributed by atoms with E-state index in [0.29, 0.717) is 24.9 Å². The third kappa shape index (κ3) is 2.09. The van der Waals surface area contributed by atoms with Crippen LogP contribution >= 0.6 is 0 Å². The molecule has 2 heterocycles. The molecule has 0 unspecified atom stereocenters. The number of aliphatic hydroxyl groups excluding tert-OH is 2. The number of rotatable bonds is 3. The summed E-state index contributed by atoms with van der Waals surface area (Å²) in [7, 11) is 0. The minimum Gasteiger partial charge on any atom is -0.472 e. The van der Waals surface area contributed by atoms with Gasteiger partial charge in [-0.1, -0.05) is 20.8 Å². The zero-order valence-corrected chi connectivity index (χ0v) is 15.0. The summed E-state index contributed by atoms with van der Waals surface area (Å²) < 4.78 is 11.1. The molecule has 134 valence electrons. The number of ether oxygens (including phenoxy) is 1. The Morgan fingerprint density at radius 2 is 2.04 bits per heavy atom. The van der Waals surface area contributed by atoms with Crippen molar-refractivity contribution in [2.75, 3.05) is 6.61 Å². The molecular weight excluding hydrogens is 304 g/mol. The van der Waals surface area contributed by atoms with E-state index in [1.165, 1.54) is 5.56 Å². The van der Waals surface area contributed by atoms with Crippen molar-refractivity contribution in [3.8, 4) is 0 Å². The van der Waals surface area contributed by atoms with Crippen molar-refractivity contribution in [3.63, 3.8) is 0 Å². The van der Waals surface area contributed by atoms with Crippen molar-refractivity contribution in [2.24, 2.45) is 22.7 Å². The Balaban J connectivity index is 1.65. The summed E-state index contributed by atoms with van der Waals surface area (Å²) in [5.41, 5.74) is 0.796. The molecule has 0 aromatic carbocycles. The van der Waals surface area contributed by atoms with Crippen LogP contribution in [0.25, 0.3) is 0 Å². The highest BCUT2D eigenvalue weighted by Gasteiger charge is 2.73. The maximum Gasteiger partial charge on any atom is 0.125 e.